The average Bonchev–Trinajstić information content (AvgIpc) is 3.27. The number of pyridine rings is 1. The number of amides is 3. The molecule has 0 unspecified atom stereocenters. The van der Waals surface area contributed by atoms with Crippen molar-refractivity contribution in [1.29, 1.82) is 0 Å². The zero-order valence-corrected chi connectivity index (χ0v) is 19.6. The molecule has 0 atom stereocenters. The summed E-state index contributed by atoms with van der Waals surface area (Å²) in [7, 11) is 0. The minimum absolute atomic E-state index is 0.127. The molecule has 0 aromatic carbocycles. The number of hydrogen-bond donors (Lipinski definition) is 1. The van der Waals surface area contributed by atoms with Gasteiger partial charge in [-0.05, 0) is 30.2 Å². The number of H-pyrrole nitrogens is 1. The van der Waals surface area contributed by atoms with E-state index in [1.165, 1.54) is 11.2 Å². The van der Waals surface area contributed by atoms with Gasteiger partial charge in [0.05, 0.1) is 0 Å². The van der Waals surface area contributed by atoms with Crippen molar-refractivity contribution >= 4 is 29.7 Å². The molecule has 0 aliphatic carbocycles. The smallest absolute Gasteiger partial charge is 0.391 e. The fraction of sp³-hybridized carbons (Fsp3) is 0.545. The Balaban J connectivity index is 1.22. The predicted molar refractivity (Wildman–Crippen MR) is 121 cm³/mol. The van der Waals surface area contributed by atoms with Crippen LogP contribution in [-0.4, -0.2) is 72.8 Å². The first-order chi connectivity index (χ1) is 15.8. The van der Waals surface area contributed by atoms with Gasteiger partial charge in [0.15, 0.2) is 5.16 Å². The van der Waals surface area contributed by atoms with Crippen molar-refractivity contribution in [3.63, 3.8) is 0 Å². The Hall–Kier alpha value is -2.95. The monoisotopic (exact) mass is 472 g/mol. The Bertz CT molecular complexity index is 967. The van der Waals surface area contributed by atoms with Gasteiger partial charge in [-0.25, -0.2) is 14.8 Å². The van der Waals surface area contributed by atoms with Gasteiger partial charge in [-0.2, -0.15) is 5.10 Å². The van der Waals surface area contributed by atoms with Gasteiger partial charge in [0, 0.05) is 50.0 Å². The number of carbonyl (C=O) groups excluding carboxylic acids is 3. The Morgan fingerprint density at radius 1 is 1.18 bits per heavy atom. The Morgan fingerprint density at radius 2 is 1.91 bits per heavy atom. The summed E-state index contributed by atoms with van der Waals surface area (Å²) < 4.78 is 5.42. The number of nitrogens with zero attached hydrogens (tertiary/aromatic N) is 5. The third-order valence-electron chi connectivity index (χ3n) is 5.85. The molecule has 0 bridgehead atoms. The molecule has 176 valence electrons. The minimum atomic E-state index is -0.412. The largest absolute Gasteiger partial charge is 0.416 e. The first kappa shape index (κ1) is 23.2. The highest BCUT2D eigenvalue weighted by atomic mass is 32.2. The number of piperidine rings is 2. The highest BCUT2D eigenvalue weighted by Gasteiger charge is 2.37. The van der Waals surface area contributed by atoms with Crippen LogP contribution in [0.4, 0.5) is 4.79 Å². The summed E-state index contributed by atoms with van der Waals surface area (Å²) in [6.07, 6.45) is 5.65. The highest BCUT2D eigenvalue weighted by molar-refractivity contribution is 7.99. The fourth-order valence-electron chi connectivity index (χ4n) is 4.04. The number of carbonyl (C=O) groups is 3. The van der Waals surface area contributed by atoms with E-state index in [0.717, 1.165) is 23.6 Å². The van der Waals surface area contributed by atoms with E-state index in [1.54, 1.807) is 35.0 Å². The van der Waals surface area contributed by atoms with Gasteiger partial charge in [-0.3, -0.25) is 19.6 Å². The molecule has 2 fully saturated rings. The predicted octanol–water partition coefficient (Wildman–Crippen LogP) is 2.67. The van der Waals surface area contributed by atoms with Crippen LogP contribution in [0.25, 0.3) is 0 Å². The van der Waals surface area contributed by atoms with Crippen LogP contribution in [0.2, 0.25) is 0 Å². The maximum Gasteiger partial charge on any atom is 0.416 e. The second-order valence-electron chi connectivity index (χ2n) is 9.17. The second kappa shape index (κ2) is 9.90. The standard InChI is InChI=1S/C22H28N6O4S/c1-22(2)11-18(29)28(19(30)12-22)10-5-15-3-4-17(23-13-15)32-21(31)27-8-6-16(7-9-27)33-20-24-14-25-26-20/h3-4,13-14,16H,5-12H2,1-2H3,(H,24,25,26). The fourth-order valence-corrected chi connectivity index (χ4v) is 5.02. The van der Waals surface area contributed by atoms with Gasteiger partial charge >= 0.3 is 6.09 Å². The van der Waals surface area contributed by atoms with Crippen molar-refractivity contribution in [3.8, 4) is 5.88 Å². The van der Waals surface area contributed by atoms with Crippen LogP contribution in [0, 0.1) is 5.41 Å². The van der Waals surface area contributed by atoms with Gasteiger partial charge in [0.2, 0.25) is 17.7 Å². The van der Waals surface area contributed by atoms with Crippen molar-refractivity contribution in [3.05, 3.63) is 30.2 Å². The van der Waals surface area contributed by atoms with E-state index >= 15 is 0 Å². The van der Waals surface area contributed by atoms with Crippen LogP contribution in [0.15, 0.2) is 29.8 Å². The van der Waals surface area contributed by atoms with Gasteiger partial charge in [-0.15, -0.1) is 0 Å². The highest BCUT2D eigenvalue weighted by Crippen LogP contribution is 2.31. The van der Waals surface area contributed by atoms with Crippen LogP contribution in [0.5, 0.6) is 5.88 Å². The third-order valence-corrected chi connectivity index (χ3v) is 7.07. The van der Waals surface area contributed by atoms with Gasteiger partial charge < -0.3 is 9.64 Å². The summed E-state index contributed by atoms with van der Waals surface area (Å²) in [6.45, 7) is 5.41. The Morgan fingerprint density at radius 3 is 2.52 bits per heavy atom. The van der Waals surface area contributed by atoms with Crippen molar-refractivity contribution < 1.29 is 19.1 Å². The molecule has 33 heavy (non-hydrogen) atoms. The quantitative estimate of drug-likeness (QED) is 0.637. The topological polar surface area (TPSA) is 121 Å². The molecule has 1 N–H and O–H groups in total. The number of thioether (sulfide) groups is 1. The van der Waals surface area contributed by atoms with Crippen molar-refractivity contribution in [2.45, 2.75) is 56.4 Å². The molecule has 3 amide bonds. The summed E-state index contributed by atoms with van der Waals surface area (Å²) in [4.78, 5) is 48.4. The number of imide groups is 1. The summed E-state index contributed by atoms with van der Waals surface area (Å²) in [5, 5.41) is 7.86. The molecule has 0 radical (unpaired) electrons. The van der Waals surface area contributed by atoms with Crippen molar-refractivity contribution in [2.24, 2.45) is 5.41 Å². The van der Waals surface area contributed by atoms with E-state index in [4.69, 9.17) is 4.74 Å². The molecular formula is C22H28N6O4S. The number of aromatic nitrogens is 4. The Kier molecular flexibility index (Phi) is 6.96. The van der Waals surface area contributed by atoms with E-state index in [1.807, 2.05) is 13.8 Å². The van der Waals surface area contributed by atoms with Crippen LogP contribution in [-0.2, 0) is 16.0 Å². The maximum atomic E-state index is 12.5. The molecule has 2 aromatic rings. The molecule has 10 nitrogen and oxygen atoms in total. The third kappa shape index (κ3) is 6.10. The average molecular weight is 473 g/mol. The summed E-state index contributed by atoms with van der Waals surface area (Å²) in [5.41, 5.74) is 0.591. The van der Waals surface area contributed by atoms with E-state index in [2.05, 4.69) is 20.2 Å². The van der Waals surface area contributed by atoms with Crippen molar-refractivity contribution in [2.75, 3.05) is 19.6 Å². The summed E-state index contributed by atoms with van der Waals surface area (Å²) in [5.74, 6) is -0.0238. The van der Waals surface area contributed by atoms with Crippen LogP contribution < -0.4 is 4.74 Å². The minimum Gasteiger partial charge on any atom is -0.391 e. The number of aromatic amines is 1. The van der Waals surface area contributed by atoms with Crippen molar-refractivity contribution in [1.82, 2.24) is 30.0 Å². The molecule has 0 saturated carbocycles. The molecule has 11 heteroatoms. The summed E-state index contributed by atoms with van der Waals surface area (Å²) >= 11 is 1.64. The second-order valence-corrected chi connectivity index (χ2v) is 10.5. The lowest BCUT2D eigenvalue weighted by atomic mass is 9.81. The zero-order chi connectivity index (χ0) is 23.4. The molecule has 2 aromatic heterocycles. The SMILES string of the molecule is CC1(C)CC(=O)N(CCc2ccc(OC(=O)N3CCC(Sc4ncn[nH]4)CC3)nc2)C(=O)C1. The molecular weight excluding hydrogens is 444 g/mol. The van der Waals surface area contributed by atoms with Crippen LogP contribution >= 0.6 is 11.8 Å². The number of nitrogens with one attached hydrogen (secondary N) is 1. The lowest BCUT2D eigenvalue weighted by Gasteiger charge is -2.34. The summed E-state index contributed by atoms with van der Waals surface area (Å²) in [6, 6.07) is 3.45. The number of rotatable bonds is 6. The zero-order valence-electron chi connectivity index (χ0n) is 18.8. The molecule has 2 aliphatic heterocycles. The molecule has 4 heterocycles. The van der Waals surface area contributed by atoms with Crippen LogP contribution in [0.3, 0.4) is 0 Å². The molecule has 2 aliphatic rings. The first-order valence-electron chi connectivity index (χ1n) is 11.1. The lowest BCUT2D eigenvalue weighted by molar-refractivity contribution is -0.152. The van der Waals surface area contributed by atoms with Gasteiger partial charge in [0.1, 0.15) is 6.33 Å². The van der Waals surface area contributed by atoms with E-state index in [9.17, 15) is 14.4 Å². The van der Waals surface area contributed by atoms with E-state index < -0.39 is 6.09 Å². The maximum absolute atomic E-state index is 12.5. The number of ether oxygens (including phenoxy) is 1. The molecule has 4 rings (SSSR count). The lowest BCUT2D eigenvalue weighted by Crippen LogP contribution is -2.46. The van der Waals surface area contributed by atoms with Gasteiger partial charge in [-0.1, -0.05) is 31.7 Å². The Labute approximate surface area is 196 Å². The molecule has 2 saturated heterocycles. The van der Waals surface area contributed by atoms with Crippen LogP contribution in [0.1, 0.15) is 45.1 Å². The first-order valence-corrected chi connectivity index (χ1v) is 11.9. The number of hydrogen-bond acceptors (Lipinski definition) is 8. The molecule has 0 spiro atoms. The number of likely N-dealkylation sites (tertiary alicyclic amines) is 2. The van der Waals surface area contributed by atoms with E-state index in [-0.39, 0.29) is 23.1 Å². The normalized spacial score (nSPS) is 19.1. The van der Waals surface area contributed by atoms with Gasteiger partial charge in [0.25, 0.3) is 0 Å². The van der Waals surface area contributed by atoms with E-state index in [0.29, 0.717) is 44.1 Å².